The number of nitrogens with zero attached hydrogens (tertiary/aromatic N) is 4. The van der Waals surface area contributed by atoms with Crippen molar-refractivity contribution in [1.82, 2.24) is 19.6 Å². The van der Waals surface area contributed by atoms with Crippen LogP contribution in [0.5, 0.6) is 0 Å². The first-order valence-electron chi connectivity index (χ1n) is 31.5. The normalized spacial score (nSPS) is 7.28. The van der Waals surface area contributed by atoms with Gasteiger partial charge in [0, 0.05) is 274 Å². The Morgan fingerprint density at radius 1 is 0.180 bits per heavy atom. The van der Waals surface area contributed by atoms with E-state index in [4.69, 9.17) is 119 Å². The summed E-state index contributed by atoms with van der Waals surface area (Å²) in [5.74, 6) is -30.2. The maximum absolute atomic E-state index is 10.4. The zero-order valence-electron chi connectivity index (χ0n) is 76.6. The second kappa shape index (κ2) is 127. The van der Waals surface area contributed by atoms with E-state index in [1.165, 1.54) is 19.6 Å². The third-order valence-corrected chi connectivity index (χ3v) is 7.40. The van der Waals surface area contributed by atoms with Crippen LogP contribution in [0.4, 0.5) is 0 Å². The molecule has 0 heterocycles. The second-order valence-corrected chi connectivity index (χ2v) is 21.1. The van der Waals surface area contributed by atoms with Crippen molar-refractivity contribution in [3.05, 3.63) is 140 Å². The van der Waals surface area contributed by atoms with E-state index in [1.807, 2.05) is 0 Å². The quantitative estimate of drug-likeness (QED) is 0.0366. The predicted molar refractivity (Wildman–Crippen MR) is 418 cm³/mol. The molecular weight excluding hydrogens is 2500 g/mol. The molecule has 67 heteroatoms. The Morgan fingerprint density at radius 2 is 0.209 bits per heavy atom. The van der Waals surface area contributed by atoms with E-state index in [9.17, 15) is 138 Å². The molecule has 4 aromatic carbocycles. The zero-order chi connectivity index (χ0) is 106. The van der Waals surface area contributed by atoms with E-state index in [0.717, 1.165) is 182 Å². The van der Waals surface area contributed by atoms with Crippen molar-refractivity contribution in [3.8, 4) is 0 Å². The van der Waals surface area contributed by atoms with Gasteiger partial charge in [0.1, 0.15) is 0 Å². The first-order valence-corrected chi connectivity index (χ1v) is 31.5. The summed E-state index contributed by atoms with van der Waals surface area (Å²) in [4.78, 5) is 276. The molecule has 4 rings (SSSR count). The van der Waals surface area contributed by atoms with Crippen molar-refractivity contribution in [2.24, 2.45) is 0 Å². The molecule has 788 valence electrons. The zero-order valence-corrected chi connectivity index (χ0v) is 93.2. The summed E-state index contributed by atoms with van der Waals surface area (Å²) >= 11 is 0. The molecule has 139 heavy (non-hydrogen) atoms. The third kappa shape index (κ3) is 228. The van der Waals surface area contributed by atoms with E-state index in [-0.39, 0.29) is 195 Å². The molecule has 0 aliphatic carbocycles. The maximum Gasteiger partial charge on any atom is 2.00 e. The van der Waals surface area contributed by atoms with E-state index in [0.29, 0.717) is 0 Å². The largest absolute Gasteiger partial charge is 2.00 e. The Labute approximate surface area is 910 Å². The van der Waals surface area contributed by atoms with Gasteiger partial charge in [0.15, 0.2) is 0 Å². The standard InChI is InChI=1S/4C9H6O6.4C3H7NO.12C2H4O2.3Cd.2Gd.6H2O/c4*10-7(11)4-1-5(8(12)13)3-6(2-4)9(14)15;4*1-4(2)3-5;12*1-2(3)4;;;;;;;;;;;/h4*1-3H,(H,10,11)(H,12,13)(H,14,15);4*3H,1-2H3;12*1H3,(H,3,4);;;;;;6*1H2/q;;;;;;;;;;;;;;;;;;;;;;+2;;;;;;;;/p-12. The van der Waals surface area contributed by atoms with Crippen LogP contribution in [0.2, 0.25) is 0 Å². The molecule has 4 aromatic rings. The fraction of sp³-hybridized carbons (Fsp3) is 0.278. The van der Waals surface area contributed by atoms with Gasteiger partial charge in [-0.25, -0.2) is 0 Å². The molecule has 0 saturated carbocycles. The van der Waals surface area contributed by atoms with Crippen molar-refractivity contribution in [1.29, 1.82) is 0 Å². The maximum atomic E-state index is 10.4. The number of carbonyl (C=O) groups excluding carboxylic acids is 16. The van der Waals surface area contributed by atoms with Crippen LogP contribution in [0.3, 0.4) is 0 Å². The van der Waals surface area contributed by atoms with Crippen LogP contribution in [0.1, 0.15) is 207 Å². The first-order chi connectivity index (χ1) is 57.5. The molecule has 0 aromatic heterocycles. The minimum atomic E-state index is -1.68. The van der Waals surface area contributed by atoms with Crippen molar-refractivity contribution in [2.75, 3.05) is 56.4 Å². The molecule has 0 aliphatic rings. The number of hydrogen-bond donors (Lipinski definition) is 12. The van der Waals surface area contributed by atoms with Gasteiger partial charge in [0.2, 0.25) is 25.6 Å². The van der Waals surface area contributed by atoms with Gasteiger partial charge in [-0.15, -0.1) is 0 Å². The Kier molecular flexibility index (Phi) is 184. The van der Waals surface area contributed by atoms with Crippen molar-refractivity contribution in [2.45, 2.75) is 83.1 Å². The number of rotatable bonds is 16. The molecule has 24 N–H and O–H groups in total. The van der Waals surface area contributed by atoms with Crippen LogP contribution in [-0.4, -0.2) is 339 Å². The van der Waals surface area contributed by atoms with Crippen LogP contribution in [0.25, 0.3) is 0 Å². The third-order valence-electron chi connectivity index (χ3n) is 7.40. The van der Waals surface area contributed by atoms with Crippen LogP contribution >= 0.6 is 0 Å². The molecule has 0 fully saturated rings. The SMILES string of the molecule is CC(=O)O.CC(=O)O.CC(=O)O.CC(=O)O.CC(=O)O.CC(=O)O.CC(=O)O.CC(=O)O.CC(=O)O.CC(=O)O.CC(=O)O.CC(=O)O.CN(C)C=O.CN(C)C=O.CN(C)C=O.CN(C)C=O.O.O.O.O.O.O.O=C([O-])c1cc(C(=O)[O-])cc(C(=O)[O-])c1.O=C([O-])c1cc(C(=O)[O-])cc(C(=O)[O-])c1.O=C([O-])c1cc(C(=O)[O-])cc(C(=O)[O-])c1.O=C([O-])c1cc(C(=O)[O-])cc(C(=O)[O-])c1.[Cd+2].[Cd].[Cd].[Gd].[Gd]. The molecule has 0 radical (unpaired) electrons. The topological polar surface area (TPSA) is 1200 Å². The van der Waals surface area contributed by atoms with Crippen molar-refractivity contribution >= 4 is 169 Å². The fourth-order valence-electron chi connectivity index (χ4n) is 3.92. The number of hydrogen-bond acceptors (Lipinski definition) is 40. The first kappa shape index (κ1) is 201. The number of aliphatic carboxylic acids is 12. The number of carboxylic acids is 24. The van der Waals surface area contributed by atoms with Gasteiger partial charge in [0.25, 0.3) is 71.6 Å². The Bertz CT molecular complexity index is 3300. The number of carbonyl (C=O) groups is 28. The molecule has 4 amide bonds. The number of aromatic carboxylic acids is 12. The Morgan fingerprint density at radius 3 is 0.223 bits per heavy atom. The van der Waals surface area contributed by atoms with Crippen LogP contribution in [0.15, 0.2) is 72.8 Å². The van der Waals surface area contributed by atoms with Gasteiger partial charge in [-0.1, -0.05) is 0 Å². The van der Waals surface area contributed by atoms with Gasteiger partial charge < -0.3 is 233 Å². The summed E-state index contributed by atoms with van der Waals surface area (Å²) in [6.45, 7) is 13.0. The van der Waals surface area contributed by atoms with Crippen molar-refractivity contribution < 1.29 is 451 Å². The summed E-state index contributed by atoms with van der Waals surface area (Å²) in [6, 6.07) is 8.97. The average Bonchev–Trinajstić information content (AvgIpc) is 0.860. The Hall–Kier alpha value is -12.8. The van der Waals surface area contributed by atoms with Gasteiger partial charge in [-0.2, -0.15) is 0 Å². The number of carboxylic acid groups (broad SMARTS) is 24. The molecule has 62 nitrogen and oxygen atoms in total. The number of benzene rings is 4. The molecule has 0 saturated heterocycles. The predicted octanol–water partition coefficient (Wildman–Crippen LogP) is -17.9. The van der Waals surface area contributed by atoms with E-state index < -0.39 is 210 Å². The van der Waals surface area contributed by atoms with E-state index in [2.05, 4.69) is 0 Å². The van der Waals surface area contributed by atoms with Crippen LogP contribution in [-0.2, 0) is 159 Å². The summed E-state index contributed by atoms with van der Waals surface area (Å²) in [5.41, 5.74) is -6.71. The summed E-state index contributed by atoms with van der Waals surface area (Å²) in [7, 11) is 13.5. The average molecular weight is 2600 g/mol. The molecule has 0 spiro atoms. The van der Waals surface area contributed by atoms with Gasteiger partial charge in [-0.05, 0) is 140 Å². The van der Waals surface area contributed by atoms with Crippen LogP contribution in [0, 0.1) is 79.9 Å². The smallest absolute Gasteiger partial charge is 0.545 e. The monoisotopic (exact) mass is 2610 g/mol. The molecule has 0 unspecified atom stereocenters. The minimum Gasteiger partial charge on any atom is -0.545 e. The fourth-order valence-corrected chi connectivity index (χ4v) is 3.92. The summed E-state index contributed by atoms with van der Waals surface area (Å²) in [5, 5.41) is 214. The van der Waals surface area contributed by atoms with Gasteiger partial charge in [-0.3, -0.25) is 76.7 Å². The Balaban J connectivity index is -0.0000000390. The minimum absolute atomic E-state index is 0. The second-order valence-electron chi connectivity index (χ2n) is 21.1. The van der Waals surface area contributed by atoms with Crippen LogP contribution < -0.4 is 61.3 Å². The molecule has 0 atom stereocenters. The van der Waals surface area contributed by atoms with Gasteiger partial charge >= 0.3 is 27.3 Å². The summed E-state index contributed by atoms with van der Waals surface area (Å²) in [6.07, 6.45) is 3.00. The van der Waals surface area contributed by atoms with E-state index >= 15 is 0 Å². The van der Waals surface area contributed by atoms with Crippen molar-refractivity contribution in [3.63, 3.8) is 0 Å². The van der Waals surface area contributed by atoms with E-state index in [1.54, 1.807) is 56.4 Å². The van der Waals surface area contributed by atoms with Gasteiger partial charge in [0.05, 0.1) is 71.6 Å². The molecular formula is C72H100Cd3Gd2N4O58-10. The number of amides is 4. The molecule has 0 aliphatic heterocycles. The molecule has 0 bridgehead atoms. The summed E-state index contributed by atoms with van der Waals surface area (Å²) < 4.78 is 0.